The van der Waals surface area contributed by atoms with E-state index in [1.165, 1.54) is 12.1 Å². The molecule has 1 heterocycles. The number of halogens is 2. The van der Waals surface area contributed by atoms with Gasteiger partial charge >= 0.3 is 0 Å². The molecule has 1 N–H and O–H groups in total. The molecular formula is C14H11ClFN3. The van der Waals surface area contributed by atoms with E-state index in [-0.39, 0.29) is 11.9 Å². The molecule has 0 radical (unpaired) electrons. The van der Waals surface area contributed by atoms with Gasteiger partial charge in [-0.2, -0.15) is 5.26 Å². The molecule has 1 atom stereocenters. The maximum atomic E-state index is 13.0. The predicted octanol–water partition coefficient (Wildman–Crippen LogP) is 3.92. The van der Waals surface area contributed by atoms with Gasteiger partial charge in [0, 0.05) is 5.02 Å². The van der Waals surface area contributed by atoms with Gasteiger partial charge in [0.15, 0.2) is 0 Å². The largest absolute Gasteiger partial charge is 0.363 e. The zero-order valence-electron chi connectivity index (χ0n) is 10.2. The second kappa shape index (κ2) is 5.68. The van der Waals surface area contributed by atoms with Gasteiger partial charge in [0.25, 0.3) is 0 Å². The van der Waals surface area contributed by atoms with E-state index >= 15 is 0 Å². The number of pyridine rings is 1. The van der Waals surface area contributed by atoms with Gasteiger partial charge in [-0.25, -0.2) is 9.37 Å². The smallest absolute Gasteiger partial charge is 0.142 e. The average molecular weight is 276 g/mol. The molecule has 2 aromatic rings. The minimum atomic E-state index is -0.370. The highest BCUT2D eigenvalue weighted by atomic mass is 35.5. The first-order valence-electron chi connectivity index (χ1n) is 5.69. The molecule has 1 unspecified atom stereocenters. The van der Waals surface area contributed by atoms with Crippen molar-refractivity contribution >= 4 is 17.4 Å². The number of hydrogen-bond acceptors (Lipinski definition) is 3. The van der Waals surface area contributed by atoms with Crippen molar-refractivity contribution in [1.29, 1.82) is 5.26 Å². The van der Waals surface area contributed by atoms with Crippen molar-refractivity contribution in [1.82, 2.24) is 4.98 Å². The van der Waals surface area contributed by atoms with Crippen LogP contribution in [0.5, 0.6) is 0 Å². The van der Waals surface area contributed by atoms with Crippen LogP contribution < -0.4 is 5.32 Å². The summed E-state index contributed by atoms with van der Waals surface area (Å²) in [5.74, 6) is 0.206. The molecule has 1 aromatic heterocycles. The fourth-order valence-electron chi connectivity index (χ4n) is 1.73. The third-order valence-electron chi connectivity index (χ3n) is 2.66. The lowest BCUT2D eigenvalue weighted by molar-refractivity contribution is 0.626. The lowest BCUT2D eigenvalue weighted by Gasteiger charge is -2.16. The molecule has 0 spiro atoms. The Balaban J connectivity index is 2.20. The lowest BCUT2D eigenvalue weighted by atomic mass is 10.1. The molecule has 0 amide bonds. The van der Waals surface area contributed by atoms with Crippen LogP contribution in [0.2, 0.25) is 5.02 Å². The number of hydrogen-bond donors (Lipinski definition) is 1. The Morgan fingerprint density at radius 2 is 2.16 bits per heavy atom. The number of nitrogens with zero attached hydrogens (tertiary/aromatic N) is 2. The third kappa shape index (κ3) is 3.21. The van der Waals surface area contributed by atoms with Gasteiger partial charge in [-0.1, -0.05) is 23.7 Å². The Hall–Kier alpha value is -2.12. The number of rotatable bonds is 3. The first-order chi connectivity index (χ1) is 9.10. The fourth-order valence-corrected chi connectivity index (χ4v) is 2.06. The highest BCUT2D eigenvalue weighted by Gasteiger charge is 2.11. The summed E-state index contributed by atoms with van der Waals surface area (Å²) in [7, 11) is 0. The van der Waals surface area contributed by atoms with E-state index in [2.05, 4.69) is 10.3 Å². The molecule has 3 nitrogen and oxygen atoms in total. The second-order valence-corrected chi connectivity index (χ2v) is 4.46. The summed E-state index contributed by atoms with van der Waals surface area (Å²) in [5.41, 5.74) is 1.11. The minimum Gasteiger partial charge on any atom is -0.363 e. The maximum Gasteiger partial charge on any atom is 0.142 e. The summed E-state index contributed by atoms with van der Waals surface area (Å²) in [4.78, 5) is 4.11. The minimum absolute atomic E-state index is 0.144. The molecule has 0 fully saturated rings. The zero-order chi connectivity index (χ0) is 13.8. The fraction of sp³-hybridized carbons (Fsp3) is 0.143. The van der Waals surface area contributed by atoms with Crippen molar-refractivity contribution in [2.45, 2.75) is 13.0 Å². The summed E-state index contributed by atoms with van der Waals surface area (Å²) in [6.07, 6.45) is 0. The lowest BCUT2D eigenvalue weighted by Crippen LogP contribution is -2.09. The van der Waals surface area contributed by atoms with Gasteiger partial charge in [-0.3, -0.25) is 0 Å². The molecule has 0 aliphatic rings. The van der Waals surface area contributed by atoms with Crippen LogP contribution in [-0.2, 0) is 0 Å². The van der Waals surface area contributed by atoms with Crippen LogP contribution in [0.3, 0.4) is 0 Å². The van der Waals surface area contributed by atoms with Crippen molar-refractivity contribution in [3.05, 3.63) is 58.5 Å². The highest BCUT2D eigenvalue weighted by molar-refractivity contribution is 6.31. The van der Waals surface area contributed by atoms with E-state index in [1.54, 1.807) is 24.3 Å². The molecule has 0 saturated heterocycles. The van der Waals surface area contributed by atoms with Gasteiger partial charge in [0.2, 0.25) is 0 Å². The van der Waals surface area contributed by atoms with E-state index in [0.717, 1.165) is 5.56 Å². The topological polar surface area (TPSA) is 48.7 Å². The molecule has 0 aliphatic heterocycles. The summed E-state index contributed by atoms with van der Waals surface area (Å²) in [6.45, 7) is 1.89. The SMILES string of the molecule is CC(Nc1cccc(C#N)n1)c1ccc(F)cc1Cl. The third-order valence-corrected chi connectivity index (χ3v) is 2.98. The Kier molecular flexibility index (Phi) is 3.98. The van der Waals surface area contributed by atoms with Crippen molar-refractivity contribution in [2.24, 2.45) is 0 Å². The van der Waals surface area contributed by atoms with Gasteiger partial charge in [0.1, 0.15) is 23.4 Å². The van der Waals surface area contributed by atoms with Crippen molar-refractivity contribution in [2.75, 3.05) is 5.32 Å². The van der Waals surface area contributed by atoms with E-state index in [4.69, 9.17) is 16.9 Å². The van der Waals surface area contributed by atoms with Gasteiger partial charge in [-0.05, 0) is 36.8 Å². The Morgan fingerprint density at radius 3 is 2.84 bits per heavy atom. The highest BCUT2D eigenvalue weighted by Crippen LogP contribution is 2.26. The summed E-state index contributed by atoms with van der Waals surface area (Å²) in [5, 5.41) is 12.3. The van der Waals surface area contributed by atoms with E-state index in [0.29, 0.717) is 16.5 Å². The van der Waals surface area contributed by atoms with Crippen molar-refractivity contribution in [3.8, 4) is 6.07 Å². The summed E-state index contributed by atoms with van der Waals surface area (Å²) < 4.78 is 13.0. The molecule has 0 aliphatic carbocycles. The quantitative estimate of drug-likeness (QED) is 0.924. The molecule has 5 heteroatoms. The normalized spacial score (nSPS) is 11.7. The van der Waals surface area contributed by atoms with Crippen LogP contribution in [0.25, 0.3) is 0 Å². The molecule has 0 bridgehead atoms. The first kappa shape index (κ1) is 13.3. The number of nitriles is 1. The average Bonchev–Trinajstić information content (AvgIpc) is 2.38. The maximum absolute atomic E-state index is 13.0. The molecule has 19 heavy (non-hydrogen) atoms. The number of aromatic nitrogens is 1. The molecule has 0 saturated carbocycles. The van der Waals surface area contributed by atoms with Crippen molar-refractivity contribution < 1.29 is 4.39 Å². The van der Waals surface area contributed by atoms with Gasteiger partial charge in [0.05, 0.1) is 6.04 Å². The van der Waals surface area contributed by atoms with Crippen LogP contribution in [0.15, 0.2) is 36.4 Å². The van der Waals surface area contributed by atoms with Crippen LogP contribution in [0, 0.1) is 17.1 Å². The Morgan fingerprint density at radius 1 is 1.37 bits per heavy atom. The predicted molar refractivity (Wildman–Crippen MR) is 72.4 cm³/mol. The Labute approximate surface area is 115 Å². The van der Waals surface area contributed by atoms with E-state index in [9.17, 15) is 4.39 Å². The van der Waals surface area contributed by atoms with Gasteiger partial charge < -0.3 is 5.32 Å². The number of nitrogens with one attached hydrogen (secondary N) is 1. The molecule has 1 aromatic carbocycles. The monoisotopic (exact) mass is 275 g/mol. The van der Waals surface area contributed by atoms with Crippen LogP contribution in [-0.4, -0.2) is 4.98 Å². The summed E-state index contributed by atoms with van der Waals surface area (Å²) >= 11 is 6.00. The summed E-state index contributed by atoms with van der Waals surface area (Å²) in [6, 6.07) is 11.2. The zero-order valence-corrected chi connectivity index (χ0v) is 10.9. The van der Waals surface area contributed by atoms with E-state index < -0.39 is 0 Å². The molecular weight excluding hydrogens is 265 g/mol. The van der Waals surface area contributed by atoms with Crippen molar-refractivity contribution in [3.63, 3.8) is 0 Å². The van der Waals surface area contributed by atoms with Crippen LogP contribution in [0.1, 0.15) is 24.2 Å². The van der Waals surface area contributed by atoms with E-state index in [1.807, 2.05) is 13.0 Å². The number of benzene rings is 1. The van der Waals surface area contributed by atoms with Crippen LogP contribution >= 0.6 is 11.6 Å². The Bertz CT molecular complexity index is 637. The molecule has 96 valence electrons. The number of anilines is 1. The van der Waals surface area contributed by atoms with Gasteiger partial charge in [-0.15, -0.1) is 0 Å². The second-order valence-electron chi connectivity index (χ2n) is 4.05. The molecule has 2 rings (SSSR count). The van der Waals surface area contributed by atoms with Crippen LogP contribution in [0.4, 0.5) is 10.2 Å². The standard InChI is InChI=1S/C14H11ClFN3/c1-9(12-6-5-10(16)7-13(12)15)18-14-4-2-3-11(8-17)19-14/h2-7,9H,1H3,(H,18,19). The first-order valence-corrected chi connectivity index (χ1v) is 6.06.